The average Bonchev–Trinajstić information content (AvgIpc) is 2.81. The summed E-state index contributed by atoms with van der Waals surface area (Å²) in [5.74, 6) is 0. The van der Waals surface area contributed by atoms with E-state index in [1.165, 1.54) is 0 Å². The lowest BCUT2D eigenvalue weighted by Gasteiger charge is -2.44. The second-order valence-electron chi connectivity index (χ2n) is 7.81. The van der Waals surface area contributed by atoms with Crippen LogP contribution in [0.4, 0.5) is 0 Å². The molecule has 0 spiro atoms. The van der Waals surface area contributed by atoms with E-state index >= 15 is 0 Å². The summed E-state index contributed by atoms with van der Waals surface area (Å²) in [6, 6.07) is 7.42. The van der Waals surface area contributed by atoms with Crippen molar-refractivity contribution in [2.75, 3.05) is 13.2 Å². The molecular formula is C21H30O11. The van der Waals surface area contributed by atoms with Crippen LogP contribution in [0.2, 0.25) is 0 Å². The third kappa shape index (κ3) is 5.53. The molecule has 3 rings (SSSR count). The lowest BCUT2D eigenvalue weighted by atomic mass is 9.98. The van der Waals surface area contributed by atoms with Crippen molar-refractivity contribution in [3.8, 4) is 0 Å². The molecule has 0 amide bonds. The van der Waals surface area contributed by atoms with Crippen molar-refractivity contribution in [1.82, 2.24) is 0 Å². The van der Waals surface area contributed by atoms with Gasteiger partial charge in [-0.1, -0.05) is 36.9 Å². The largest absolute Gasteiger partial charge is 0.394 e. The van der Waals surface area contributed by atoms with E-state index in [9.17, 15) is 35.7 Å². The molecule has 0 aromatic heterocycles. The van der Waals surface area contributed by atoms with E-state index in [-0.39, 0.29) is 13.2 Å². The van der Waals surface area contributed by atoms with Crippen LogP contribution in [0, 0.1) is 0 Å². The van der Waals surface area contributed by atoms with Crippen LogP contribution in [0.3, 0.4) is 0 Å². The number of hydrogen-bond acceptors (Lipinski definition) is 11. The van der Waals surface area contributed by atoms with Gasteiger partial charge in [0, 0.05) is 0 Å². The van der Waals surface area contributed by atoms with Crippen molar-refractivity contribution < 1.29 is 54.7 Å². The van der Waals surface area contributed by atoms with Crippen LogP contribution in [-0.2, 0) is 25.6 Å². The highest BCUT2D eigenvalue weighted by Crippen LogP contribution is 2.28. The monoisotopic (exact) mass is 458 g/mol. The van der Waals surface area contributed by atoms with E-state index in [0.29, 0.717) is 0 Å². The Morgan fingerprint density at radius 2 is 1.31 bits per heavy atom. The Morgan fingerprint density at radius 1 is 0.781 bits per heavy atom. The third-order valence-corrected chi connectivity index (χ3v) is 5.55. The van der Waals surface area contributed by atoms with Gasteiger partial charge < -0.3 is 54.7 Å². The second-order valence-corrected chi connectivity index (χ2v) is 7.81. The van der Waals surface area contributed by atoms with Gasteiger partial charge in [-0.25, -0.2) is 0 Å². The summed E-state index contributed by atoms with van der Waals surface area (Å²) >= 11 is 0. The van der Waals surface area contributed by atoms with Crippen molar-refractivity contribution in [2.45, 2.75) is 68.0 Å². The van der Waals surface area contributed by atoms with Gasteiger partial charge in [-0.15, -0.1) is 0 Å². The highest BCUT2D eigenvalue weighted by Gasteiger charge is 2.49. The zero-order chi connectivity index (χ0) is 23.4. The Kier molecular flexibility index (Phi) is 8.72. The molecule has 2 aliphatic heterocycles. The molecule has 1 aromatic carbocycles. The van der Waals surface area contributed by atoms with Gasteiger partial charge >= 0.3 is 0 Å². The molecular weight excluding hydrogens is 428 g/mol. The van der Waals surface area contributed by atoms with Crippen LogP contribution in [0.25, 0.3) is 6.08 Å². The zero-order valence-corrected chi connectivity index (χ0v) is 17.3. The van der Waals surface area contributed by atoms with Gasteiger partial charge in [-0.05, 0) is 11.1 Å². The van der Waals surface area contributed by atoms with Gasteiger partial charge in [0.25, 0.3) is 0 Å². The molecule has 2 heterocycles. The Hall–Kier alpha value is -1.48. The van der Waals surface area contributed by atoms with E-state index in [2.05, 4.69) is 6.58 Å². The maximum Gasteiger partial charge on any atom is 0.189 e. The number of hydrogen-bond donors (Lipinski definition) is 7. The number of aliphatic hydroxyl groups is 7. The molecule has 1 unspecified atom stereocenters. The minimum atomic E-state index is -1.72. The zero-order valence-electron chi connectivity index (χ0n) is 17.3. The van der Waals surface area contributed by atoms with E-state index in [4.69, 9.17) is 18.9 Å². The lowest BCUT2D eigenvalue weighted by Crippen LogP contribution is -2.63. The van der Waals surface area contributed by atoms with Gasteiger partial charge in [0.05, 0.1) is 19.8 Å². The summed E-state index contributed by atoms with van der Waals surface area (Å²) in [5, 5.41) is 69.8. The quantitative estimate of drug-likeness (QED) is 0.218. The van der Waals surface area contributed by atoms with Gasteiger partial charge in [0.2, 0.25) is 0 Å². The van der Waals surface area contributed by atoms with Crippen LogP contribution in [0.5, 0.6) is 0 Å². The minimum absolute atomic E-state index is 0.150. The van der Waals surface area contributed by atoms with Crippen LogP contribution >= 0.6 is 0 Å². The fraction of sp³-hybridized carbons (Fsp3) is 0.619. The summed E-state index contributed by atoms with van der Waals surface area (Å²) in [6.45, 7) is 3.06. The number of ether oxygens (including phenoxy) is 4. The molecule has 2 saturated heterocycles. The SMILES string of the molecule is C=Cc1ccc(COC[C@H]2O[C@H](O[C@H]3O[C@H](CO)[C@@H](O)[C@H](O)C3O)[C@H](O)[C@@H](O)[C@@H]2O)cc1. The summed E-state index contributed by atoms with van der Waals surface area (Å²) in [5.41, 5.74) is 1.81. The minimum Gasteiger partial charge on any atom is -0.394 e. The first-order valence-electron chi connectivity index (χ1n) is 10.2. The summed E-state index contributed by atoms with van der Waals surface area (Å²) < 4.78 is 21.7. The smallest absolute Gasteiger partial charge is 0.189 e. The van der Waals surface area contributed by atoms with Crippen molar-refractivity contribution in [3.05, 3.63) is 42.0 Å². The molecule has 2 fully saturated rings. The molecule has 11 nitrogen and oxygen atoms in total. The second kappa shape index (κ2) is 11.1. The Bertz CT molecular complexity index is 727. The molecule has 2 aliphatic rings. The standard InChI is InChI=1S/C21H30O11/c1-2-10-3-5-11(6-4-10)8-29-9-13-15(24)17(26)19(28)21(31-13)32-20-18(27)16(25)14(23)12(7-22)30-20/h2-6,12-28H,1,7-9H2/t12-,13-,14-,15-,16+,17+,18?,19-,20-,21-/m1/s1. The van der Waals surface area contributed by atoms with Crippen molar-refractivity contribution in [2.24, 2.45) is 0 Å². The highest BCUT2D eigenvalue weighted by molar-refractivity contribution is 5.47. The summed E-state index contributed by atoms with van der Waals surface area (Å²) in [7, 11) is 0. The topological polar surface area (TPSA) is 179 Å². The molecule has 11 heteroatoms. The fourth-order valence-electron chi connectivity index (χ4n) is 3.52. The van der Waals surface area contributed by atoms with Gasteiger partial charge in [0.1, 0.15) is 48.8 Å². The predicted octanol–water partition coefficient (Wildman–Crippen LogP) is -2.53. The van der Waals surface area contributed by atoms with Crippen molar-refractivity contribution >= 4 is 6.08 Å². The molecule has 1 aromatic rings. The summed E-state index contributed by atoms with van der Waals surface area (Å²) in [6.07, 6.45) is -13.6. The van der Waals surface area contributed by atoms with Crippen LogP contribution in [0.1, 0.15) is 11.1 Å². The molecule has 0 radical (unpaired) electrons. The average molecular weight is 458 g/mol. The molecule has 0 bridgehead atoms. The first-order chi connectivity index (χ1) is 15.3. The number of rotatable bonds is 8. The molecule has 0 saturated carbocycles. The molecule has 32 heavy (non-hydrogen) atoms. The van der Waals surface area contributed by atoms with E-state index in [1.807, 2.05) is 24.3 Å². The number of benzene rings is 1. The summed E-state index contributed by atoms with van der Waals surface area (Å²) in [4.78, 5) is 0. The predicted molar refractivity (Wildman–Crippen MR) is 108 cm³/mol. The van der Waals surface area contributed by atoms with E-state index in [0.717, 1.165) is 11.1 Å². The lowest BCUT2D eigenvalue weighted by molar-refractivity contribution is -0.377. The molecule has 0 aliphatic carbocycles. The van der Waals surface area contributed by atoms with Gasteiger partial charge in [-0.2, -0.15) is 0 Å². The Morgan fingerprint density at radius 3 is 1.84 bits per heavy atom. The maximum absolute atomic E-state index is 10.2. The third-order valence-electron chi connectivity index (χ3n) is 5.55. The normalized spacial score (nSPS) is 40.2. The van der Waals surface area contributed by atoms with Crippen LogP contribution in [-0.4, -0.2) is 110 Å². The molecule has 180 valence electrons. The fourth-order valence-corrected chi connectivity index (χ4v) is 3.52. The maximum atomic E-state index is 10.2. The van der Waals surface area contributed by atoms with Gasteiger partial charge in [-0.3, -0.25) is 0 Å². The molecule has 7 N–H and O–H groups in total. The van der Waals surface area contributed by atoms with E-state index in [1.54, 1.807) is 6.08 Å². The first-order valence-corrected chi connectivity index (χ1v) is 10.2. The highest BCUT2D eigenvalue weighted by atomic mass is 16.8. The Labute approximate surface area is 184 Å². The molecule has 10 atom stereocenters. The van der Waals surface area contributed by atoms with Gasteiger partial charge in [0.15, 0.2) is 12.6 Å². The van der Waals surface area contributed by atoms with Crippen molar-refractivity contribution in [1.29, 1.82) is 0 Å². The Balaban J connectivity index is 1.59. The van der Waals surface area contributed by atoms with Crippen LogP contribution < -0.4 is 0 Å². The first kappa shape index (κ1) is 25.1. The van der Waals surface area contributed by atoms with Crippen molar-refractivity contribution in [3.63, 3.8) is 0 Å². The number of aliphatic hydroxyl groups excluding tert-OH is 7. The van der Waals surface area contributed by atoms with E-state index < -0.39 is 68.0 Å². The van der Waals surface area contributed by atoms with Crippen LogP contribution in [0.15, 0.2) is 30.8 Å².